The maximum absolute atomic E-state index is 9.90. The van der Waals surface area contributed by atoms with E-state index >= 15 is 0 Å². The molecule has 0 saturated carbocycles. The van der Waals surface area contributed by atoms with Gasteiger partial charge in [0.25, 0.3) is 0 Å². The summed E-state index contributed by atoms with van der Waals surface area (Å²) in [5.41, 5.74) is 0. The van der Waals surface area contributed by atoms with Gasteiger partial charge >= 0.3 is 0 Å². The van der Waals surface area contributed by atoms with Crippen LogP contribution in [0.4, 0.5) is 0 Å². The maximum Gasteiger partial charge on any atom is 0.151 e. The van der Waals surface area contributed by atoms with Crippen LogP contribution in [0.5, 0.6) is 0 Å². The molecular weight excluding hydrogens is 379 g/mol. The van der Waals surface area contributed by atoms with Crippen LogP contribution in [0.2, 0.25) is 0 Å². The Kier molecular flexibility index (Phi) is 13.7. The minimum Gasteiger partial charge on any atom is -0.394 e. The van der Waals surface area contributed by atoms with Gasteiger partial charge in [-0.15, -0.1) is 0 Å². The van der Waals surface area contributed by atoms with Crippen molar-refractivity contribution < 1.29 is 52.7 Å². The molecule has 0 saturated heterocycles. The minimum atomic E-state index is -1.79. The zero-order valence-electron chi connectivity index (χ0n) is 7.25. The fourth-order valence-electron chi connectivity index (χ4n) is 0.618. The number of carbonyl (C=O) groups excluding carboxylic acids is 1. The van der Waals surface area contributed by atoms with E-state index in [0.717, 1.165) is 0 Å². The Hall–Kier alpha value is 0.170. The molecule has 0 bridgehead atoms. The van der Waals surface area contributed by atoms with Crippen molar-refractivity contribution in [3.8, 4) is 0 Å². The summed E-state index contributed by atoms with van der Waals surface area (Å²) in [6, 6.07) is 0. The number of aliphatic hydroxyl groups excluding tert-OH is 5. The third-order valence-corrected chi connectivity index (χ3v) is 1.42. The summed E-state index contributed by atoms with van der Waals surface area (Å²) < 4.78 is 0. The van der Waals surface area contributed by atoms with E-state index in [4.69, 9.17) is 25.5 Å². The SMILES string of the molecule is N.O=C[C@H](O)[C@@H](O)[C@@H](O)[C@H](O)CO.[Au]. The first-order valence-electron chi connectivity index (χ1n) is 3.33. The predicted octanol–water partition coefficient (Wildman–Crippen LogP) is -3.22. The molecule has 7 nitrogen and oxygen atoms in total. The normalized spacial score (nSPS) is 18.1. The topological polar surface area (TPSA) is 153 Å². The molecule has 91 valence electrons. The van der Waals surface area contributed by atoms with Crippen molar-refractivity contribution in [2.45, 2.75) is 24.4 Å². The van der Waals surface area contributed by atoms with E-state index in [2.05, 4.69) is 0 Å². The Morgan fingerprint density at radius 3 is 1.79 bits per heavy atom. The van der Waals surface area contributed by atoms with Crippen LogP contribution in [0.25, 0.3) is 0 Å². The zero-order valence-corrected chi connectivity index (χ0v) is 9.41. The monoisotopic (exact) mass is 394 g/mol. The average Bonchev–Trinajstić information content (AvgIpc) is 2.12. The zero-order chi connectivity index (χ0) is 9.72. The van der Waals surface area contributed by atoms with Crippen LogP contribution in [0.1, 0.15) is 0 Å². The Balaban J connectivity index is -0.000000605. The molecule has 0 aliphatic heterocycles. The second-order valence-corrected chi connectivity index (χ2v) is 2.36. The van der Waals surface area contributed by atoms with E-state index in [-0.39, 0.29) is 34.8 Å². The van der Waals surface area contributed by atoms with Gasteiger partial charge in [0.1, 0.15) is 24.4 Å². The second-order valence-electron chi connectivity index (χ2n) is 2.36. The molecule has 0 aliphatic rings. The molecule has 0 amide bonds. The molecule has 8 heteroatoms. The van der Waals surface area contributed by atoms with Gasteiger partial charge < -0.3 is 36.5 Å². The summed E-state index contributed by atoms with van der Waals surface area (Å²) in [7, 11) is 0. The van der Waals surface area contributed by atoms with Gasteiger partial charge in [0.05, 0.1) is 6.61 Å². The standard InChI is InChI=1S/C6H12O6.Au.H3N/c7-1-3(9)5(11)6(12)4(10)2-8;;/h1,3-6,8-12H,2H2;;1H3/t3-,4+,5+,6-;;/m0../s1. The Morgan fingerprint density at radius 1 is 1.07 bits per heavy atom. The summed E-state index contributed by atoms with van der Waals surface area (Å²) in [6.07, 6.45) is -6.84. The fourth-order valence-corrected chi connectivity index (χ4v) is 0.618. The first-order valence-corrected chi connectivity index (χ1v) is 3.33. The van der Waals surface area contributed by atoms with E-state index in [9.17, 15) is 4.79 Å². The van der Waals surface area contributed by atoms with Crippen molar-refractivity contribution in [1.82, 2.24) is 6.15 Å². The fraction of sp³-hybridized carbons (Fsp3) is 0.833. The Bertz CT molecular complexity index is 148. The predicted molar refractivity (Wildman–Crippen MR) is 42.2 cm³/mol. The van der Waals surface area contributed by atoms with Gasteiger partial charge in [-0.2, -0.15) is 0 Å². The third kappa shape index (κ3) is 5.81. The van der Waals surface area contributed by atoms with Crippen molar-refractivity contribution in [1.29, 1.82) is 0 Å². The second kappa shape index (κ2) is 9.71. The van der Waals surface area contributed by atoms with Crippen LogP contribution in [-0.4, -0.2) is 62.8 Å². The van der Waals surface area contributed by atoms with Gasteiger partial charge in [-0.3, -0.25) is 0 Å². The molecule has 0 unspecified atom stereocenters. The van der Waals surface area contributed by atoms with Crippen LogP contribution in [0, 0.1) is 0 Å². The van der Waals surface area contributed by atoms with E-state index in [1.54, 1.807) is 0 Å². The summed E-state index contributed by atoms with van der Waals surface area (Å²) in [4.78, 5) is 9.90. The third-order valence-electron chi connectivity index (χ3n) is 1.42. The van der Waals surface area contributed by atoms with E-state index in [0.29, 0.717) is 0 Å². The Labute approximate surface area is 96.5 Å². The van der Waals surface area contributed by atoms with Crippen LogP contribution in [0.15, 0.2) is 0 Å². The molecule has 4 atom stereocenters. The molecule has 14 heavy (non-hydrogen) atoms. The van der Waals surface area contributed by atoms with Gasteiger partial charge in [-0.1, -0.05) is 0 Å². The molecular formula is C6H15AuNO6. The molecule has 0 aromatic rings. The smallest absolute Gasteiger partial charge is 0.151 e. The number of rotatable bonds is 5. The van der Waals surface area contributed by atoms with E-state index < -0.39 is 31.0 Å². The summed E-state index contributed by atoms with van der Waals surface area (Å²) in [5, 5.41) is 43.5. The molecule has 0 rings (SSSR count). The first-order chi connectivity index (χ1) is 5.54. The number of aliphatic hydroxyl groups is 5. The number of carbonyl (C=O) groups is 1. The van der Waals surface area contributed by atoms with Crippen molar-refractivity contribution in [3.05, 3.63) is 0 Å². The maximum atomic E-state index is 9.90. The molecule has 0 heterocycles. The van der Waals surface area contributed by atoms with E-state index in [1.807, 2.05) is 0 Å². The van der Waals surface area contributed by atoms with Gasteiger partial charge in [-0.05, 0) is 0 Å². The molecule has 1 radical (unpaired) electrons. The van der Waals surface area contributed by atoms with Crippen molar-refractivity contribution >= 4 is 6.29 Å². The van der Waals surface area contributed by atoms with Gasteiger partial charge in [0, 0.05) is 22.4 Å². The molecule has 0 spiro atoms. The summed E-state index contributed by atoms with van der Waals surface area (Å²) >= 11 is 0. The van der Waals surface area contributed by atoms with Crippen LogP contribution in [0.3, 0.4) is 0 Å². The van der Waals surface area contributed by atoms with Gasteiger partial charge in [-0.25, -0.2) is 0 Å². The van der Waals surface area contributed by atoms with Crippen molar-refractivity contribution in [2.24, 2.45) is 0 Å². The van der Waals surface area contributed by atoms with Crippen LogP contribution < -0.4 is 6.15 Å². The molecule has 0 aromatic heterocycles. The first kappa shape index (κ1) is 19.7. The molecule has 0 aromatic carbocycles. The van der Waals surface area contributed by atoms with Gasteiger partial charge in [0.2, 0.25) is 0 Å². The van der Waals surface area contributed by atoms with Crippen LogP contribution in [-0.2, 0) is 27.2 Å². The molecule has 0 fully saturated rings. The van der Waals surface area contributed by atoms with Gasteiger partial charge in [0.15, 0.2) is 6.29 Å². The molecule has 8 N–H and O–H groups in total. The largest absolute Gasteiger partial charge is 0.394 e. The molecule has 0 aliphatic carbocycles. The Morgan fingerprint density at radius 2 is 1.50 bits per heavy atom. The van der Waals surface area contributed by atoms with Crippen molar-refractivity contribution in [3.63, 3.8) is 0 Å². The van der Waals surface area contributed by atoms with Crippen LogP contribution >= 0.6 is 0 Å². The quantitative estimate of drug-likeness (QED) is 0.212. The summed E-state index contributed by atoms with van der Waals surface area (Å²) in [6.45, 7) is -0.760. The number of hydrogen-bond acceptors (Lipinski definition) is 7. The number of hydrogen-bond donors (Lipinski definition) is 6. The van der Waals surface area contributed by atoms with E-state index in [1.165, 1.54) is 0 Å². The minimum absolute atomic E-state index is 0. The summed E-state index contributed by atoms with van der Waals surface area (Å²) in [5.74, 6) is 0. The van der Waals surface area contributed by atoms with Crippen molar-refractivity contribution in [2.75, 3.05) is 6.61 Å². The average molecular weight is 394 g/mol. The number of aldehydes is 1.